The Labute approximate surface area is 177 Å². The van der Waals surface area contributed by atoms with E-state index >= 15 is 0 Å². The van der Waals surface area contributed by atoms with Crippen LogP contribution in [-0.2, 0) is 14.8 Å². The summed E-state index contributed by atoms with van der Waals surface area (Å²) in [6.45, 7) is -0.358. The maximum Gasteiger partial charge on any atom is 0.264 e. The molecule has 0 heterocycles. The molecule has 1 saturated carbocycles. The maximum absolute atomic E-state index is 13.4. The van der Waals surface area contributed by atoms with Crippen molar-refractivity contribution in [2.24, 2.45) is 0 Å². The Balaban J connectivity index is 1.92. The Hall–Kier alpha value is -2.58. The van der Waals surface area contributed by atoms with Crippen molar-refractivity contribution in [3.63, 3.8) is 0 Å². The van der Waals surface area contributed by atoms with Gasteiger partial charge in [0.2, 0.25) is 5.91 Å². The second-order valence-corrected chi connectivity index (χ2v) is 9.31. The molecule has 162 valence electrons. The molecule has 1 amide bonds. The highest BCUT2D eigenvalue weighted by molar-refractivity contribution is 7.92. The minimum Gasteiger partial charge on any atom is -0.497 e. The van der Waals surface area contributed by atoms with Gasteiger partial charge in [-0.2, -0.15) is 0 Å². The summed E-state index contributed by atoms with van der Waals surface area (Å²) in [6.07, 6.45) is 2.63. The average molecular weight is 433 g/mol. The highest BCUT2D eigenvalue weighted by Gasteiger charge is 2.33. The van der Waals surface area contributed by atoms with Gasteiger partial charge in [-0.15, -0.1) is 0 Å². The molecular formula is C22H28N2O5S. The van der Waals surface area contributed by atoms with Gasteiger partial charge in [0.25, 0.3) is 10.0 Å². The molecule has 0 radical (unpaired) electrons. The fourth-order valence-corrected chi connectivity index (χ4v) is 5.18. The smallest absolute Gasteiger partial charge is 0.264 e. The third kappa shape index (κ3) is 4.76. The lowest BCUT2D eigenvalue weighted by atomic mass is 9.91. The number of rotatable bonds is 7. The number of sulfonamides is 1. The third-order valence-corrected chi connectivity index (χ3v) is 7.34. The molecule has 0 aliphatic heterocycles. The van der Waals surface area contributed by atoms with Crippen LogP contribution in [0.25, 0.3) is 0 Å². The van der Waals surface area contributed by atoms with Crippen molar-refractivity contribution < 1.29 is 23.1 Å². The first-order valence-electron chi connectivity index (χ1n) is 10.00. The van der Waals surface area contributed by atoms with E-state index in [0.717, 1.165) is 17.1 Å². The summed E-state index contributed by atoms with van der Waals surface area (Å²) in [5, 5.41) is 10.3. The molecular weight excluding hydrogens is 404 g/mol. The molecule has 7 nitrogen and oxygen atoms in total. The van der Waals surface area contributed by atoms with Gasteiger partial charge in [0.05, 0.1) is 29.8 Å². The monoisotopic (exact) mass is 432 g/mol. The number of nitrogens with zero attached hydrogens (tertiary/aromatic N) is 2. The number of aliphatic hydroxyl groups excluding tert-OH is 1. The quantitative estimate of drug-likeness (QED) is 0.727. The Morgan fingerprint density at radius 3 is 2.30 bits per heavy atom. The van der Waals surface area contributed by atoms with E-state index in [0.29, 0.717) is 24.3 Å². The van der Waals surface area contributed by atoms with E-state index in [9.17, 15) is 18.3 Å². The van der Waals surface area contributed by atoms with Gasteiger partial charge in [0.1, 0.15) is 12.3 Å². The molecule has 0 aromatic heterocycles. The van der Waals surface area contributed by atoms with Gasteiger partial charge in [-0.25, -0.2) is 8.42 Å². The number of hydrogen-bond acceptors (Lipinski definition) is 5. The molecule has 0 saturated heterocycles. The van der Waals surface area contributed by atoms with Crippen LogP contribution in [0.15, 0.2) is 59.5 Å². The van der Waals surface area contributed by atoms with Crippen molar-refractivity contribution in [3.8, 4) is 5.75 Å². The van der Waals surface area contributed by atoms with Crippen LogP contribution in [0, 0.1) is 0 Å². The van der Waals surface area contributed by atoms with Gasteiger partial charge in [-0.05, 0) is 49.2 Å². The van der Waals surface area contributed by atoms with Gasteiger partial charge in [-0.3, -0.25) is 9.10 Å². The molecule has 0 bridgehead atoms. The predicted octanol–water partition coefficient (Wildman–Crippen LogP) is 2.65. The van der Waals surface area contributed by atoms with Crippen LogP contribution in [0.1, 0.15) is 25.7 Å². The maximum atomic E-state index is 13.4. The van der Waals surface area contributed by atoms with Crippen LogP contribution in [0.3, 0.4) is 0 Å². The third-order valence-electron chi connectivity index (χ3n) is 5.56. The summed E-state index contributed by atoms with van der Waals surface area (Å²) < 4.78 is 33.0. The van der Waals surface area contributed by atoms with Crippen molar-refractivity contribution in [3.05, 3.63) is 54.6 Å². The highest BCUT2D eigenvalue weighted by Crippen LogP contribution is 2.27. The molecule has 2 atom stereocenters. The second-order valence-electron chi connectivity index (χ2n) is 7.45. The number of aliphatic hydroxyl groups is 1. The fraction of sp³-hybridized carbons (Fsp3) is 0.409. The lowest BCUT2D eigenvalue weighted by Gasteiger charge is -2.36. The molecule has 3 rings (SSSR count). The first-order valence-corrected chi connectivity index (χ1v) is 11.4. The minimum absolute atomic E-state index is 0.106. The number of hydrogen-bond donors (Lipinski definition) is 1. The van der Waals surface area contributed by atoms with Crippen molar-refractivity contribution >= 4 is 21.6 Å². The van der Waals surface area contributed by atoms with E-state index in [1.54, 1.807) is 49.5 Å². The first kappa shape index (κ1) is 22.1. The zero-order valence-corrected chi connectivity index (χ0v) is 18.1. The van der Waals surface area contributed by atoms with Crippen molar-refractivity contribution in [1.82, 2.24) is 4.90 Å². The van der Waals surface area contributed by atoms with E-state index in [2.05, 4.69) is 0 Å². The molecule has 2 aromatic rings. The Kier molecular flexibility index (Phi) is 6.99. The van der Waals surface area contributed by atoms with Crippen LogP contribution in [0.2, 0.25) is 0 Å². The lowest BCUT2D eigenvalue weighted by molar-refractivity contribution is -0.133. The molecule has 8 heteroatoms. The highest BCUT2D eigenvalue weighted by atomic mass is 32.2. The van der Waals surface area contributed by atoms with Crippen molar-refractivity contribution in [2.45, 2.75) is 42.7 Å². The number of amides is 1. The van der Waals surface area contributed by atoms with E-state index in [-0.39, 0.29) is 23.4 Å². The summed E-state index contributed by atoms with van der Waals surface area (Å²) >= 11 is 0. The number of methoxy groups -OCH3 is 1. The summed E-state index contributed by atoms with van der Waals surface area (Å²) in [7, 11) is -0.807. The van der Waals surface area contributed by atoms with E-state index < -0.39 is 16.1 Å². The zero-order chi connectivity index (χ0) is 21.7. The molecule has 2 aromatic carbocycles. The van der Waals surface area contributed by atoms with Gasteiger partial charge < -0.3 is 14.7 Å². The van der Waals surface area contributed by atoms with E-state index in [4.69, 9.17) is 4.74 Å². The molecule has 30 heavy (non-hydrogen) atoms. The van der Waals surface area contributed by atoms with Crippen LogP contribution in [0.4, 0.5) is 5.69 Å². The minimum atomic E-state index is -3.96. The first-order chi connectivity index (χ1) is 14.3. The van der Waals surface area contributed by atoms with Crippen LogP contribution < -0.4 is 9.04 Å². The number of carbonyl (C=O) groups excluding carboxylic acids is 1. The molecule has 1 aliphatic rings. The topological polar surface area (TPSA) is 87.2 Å². The van der Waals surface area contributed by atoms with Crippen LogP contribution >= 0.6 is 0 Å². The van der Waals surface area contributed by atoms with Gasteiger partial charge in [0.15, 0.2) is 0 Å². The number of likely N-dealkylation sites (N-methyl/N-ethyl adjacent to an activating group) is 1. The van der Waals surface area contributed by atoms with Crippen molar-refractivity contribution in [1.29, 1.82) is 0 Å². The molecule has 1 fully saturated rings. The Bertz CT molecular complexity index is 947. The molecule has 2 unspecified atom stereocenters. The zero-order valence-electron chi connectivity index (χ0n) is 17.3. The van der Waals surface area contributed by atoms with Gasteiger partial charge >= 0.3 is 0 Å². The summed E-state index contributed by atoms with van der Waals surface area (Å²) in [5.41, 5.74) is 0.366. The Morgan fingerprint density at radius 1 is 1.07 bits per heavy atom. The molecule has 1 aliphatic carbocycles. The average Bonchev–Trinajstić information content (AvgIpc) is 2.77. The predicted molar refractivity (Wildman–Crippen MR) is 115 cm³/mol. The van der Waals surface area contributed by atoms with Crippen LogP contribution in [0.5, 0.6) is 5.75 Å². The lowest BCUT2D eigenvalue weighted by Crippen LogP contribution is -2.50. The number of anilines is 1. The summed E-state index contributed by atoms with van der Waals surface area (Å²) in [4.78, 5) is 14.6. The largest absolute Gasteiger partial charge is 0.497 e. The van der Waals surface area contributed by atoms with Crippen molar-refractivity contribution in [2.75, 3.05) is 25.0 Å². The molecule has 1 N–H and O–H groups in total. The van der Waals surface area contributed by atoms with Gasteiger partial charge in [-0.1, -0.05) is 31.0 Å². The SMILES string of the molecule is COc1ccc(N(CC(=O)N(C)C2CCCCC2O)S(=O)(=O)c2ccccc2)cc1. The van der Waals surface area contributed by atoms with Gasteiger partial charge in [0, 0.05) is 7.05 Å². The number of benzene rings is 2. The van der Waals surface area contributed by atoms with E-state index in [1.807, 2.05) is 0 Å². The Morgan fingerprint density at radius 2 is 1.70 bits per heavy atom. The second kappa shape index (κ2) is 9.49. The fourth-order valence-electron chi connectivity index (χ4n) is 3.75. The summed E-state index contributed by atoms with van der Waals surface area (Å²) in [6, 6.07) is 14.3. The normalized spacial score (nSPS) is 19.2. The number of ether oxygens (including phenoxy) is 1. The summed E-state index contributed by atoms with van der Waals surface area (Å²) in [5.74, 6) is 0.223. The van der Waals surface area contributed by atoms with Crippen LogP contribution in [-0.4, -0.2) is 57.2 Å². The standard InChI is InChI=1S/C22H28N2O5S/c1-23(20-10-6-7-11-21(20)25)22(26)16-24(17-12-14-18(29-2)15-13-17)30(27,28)19-8-4-3-5-9-19/h3-5,8-9,12-15,20-21,25H,6-7,10-11,16H2,1-2H3. The van der Waals surface area contributed by atoms with E-state index in [1.165, 1.54) is 24.1 Å². The number of carbonyl (C=O) groups is 1. The molecule has 0 spiro atoms.